The van der Waals surface area contributed by atoms with E-state index in [1.165, 1.54) is 28.3 Å². The van der Waals surface area contributed by atoms with E-state index in [0.717, 1.165) is 54.9 Å². The molecule has 0 saturated heterocycles. The van der Waals surface area contributed by atoms with Crippen molar-refractivity contribution in [1.82, 2.24) is 9.13 Å². The van der Waals surface area contributed by atoms with Gasteiger partial charge < -0.3 is 9.13 Å². The molecule has 6 aromatic carbocycles. The maximum absolute atomic E-state index is 15.2. The summed E-state index contributed by atoms with van der Waals surface area (Å²) in [7, 11) is 0. The Bertz CT molecular complexity index is 2820. The van der Waals surface area contributed by atoms with Crippen LogP contribution in [0.1, 0.15) is 116 Å². The van der Waals surface area contributed by atoms with Gasteiger partial charge in [-0.2, -0.15) is 13.2 Å². The molecule has 5 heteroatoms. The van der Waals surface area contributed by atoms with Crippen molar-refractivity contribution in [3.63, 3.8) is 0 Å². The first-order chi connectivity index (χ1) is 27.3. The minimum atomic E-state index is -4.57. The van der Waals surface area contributed by atoms with Crippen molar-refractivity contribution in [1.29, 1.82) is 0 Å². The summed E-state index contributed by atoms with van der Waals surface area (Å²) in [6.07, 6.45) is -4.57. The Hall–Kier alpha value is -5.29. The Morgan fingerprint density at radius 2 is 0.661 bits per heavy atom. The zero-order valence-electron chi connectivity index (χ0n) is 36.9. The fourth-order valence-electron chi connectivity index (χ4n) is 8.65. The van der Waals surface area contributed by atoms with Gasteiger partial charge in [-0.1, -0.05) is 113 Å². The summed E-state index contributed by atoms with van der Waals surface area (Å²) in [5.74, 6) is 0. The molecule has 0 fully saturated rings. The number of aryl methyl sites for hydroxylation is 1. The van der Waals surface area contributed by atoms with E-state index < -0.39 is 11.7 Å². The zero-order valence-corrected chi connectivity index (χ0v) is 36.9. The monoisotopic (exact) mass is 790 g/mol. The van der Waals surface area contributed by atoms with E-state index in [9.17, 15) is 0 Å². The lowest BCUT2D eigenvalue weighted by atomic mass is 9.85. The molecule has 2 nitrogen and oxygen atoms in total. The molecule has 304 valence electrons. The second-order valence-corrected chi connectivity index (χ2v) is 20.8. The molecule has 0 amide bonds. The largest absolute Gasteiger partial charge is 0.417 e. The summed E-state index contributed by atoms with van der Waals surface area (Å²) in [5.41, 5.74) is 10.9. The van der Waals surface area contributed by atoms with Crippen molar-refractivity contribution < 1.29 is 13.2 Å². The molecule has 0 bridgehead atoms. The number of nitrogens with zero attached hydrogens (tertiary/aromatic N) is 2. The molecule has 0 radical (unpaired) electrons. The Morgan fingerprint density at radius 3 is 0.966 bits per heavy atom. The van der Waals surface area contributed by atoms with Crippen molar-refractivity contribution in [2.24, 2.45) is 0 Å². The third-order valence-corrected chi connectivity index (χ3v) is 12.3. The quantitative estimate of drug-likeness (QED) is 0.169. The van der Waals surface area contributed by atoms with Crippen LogP contribution in [0.15, 0.2) is 109 Å². The van der Waals surface area contributed by atoms with E-state index in [1.807, 2.05) is 25.1 Å². The van der Waals surface area contributed by atoms with E-state index in [0.29, 0.717) is 11.3 Å². The average Bonchev–Trinajstić information content (AvgIpc) is 3.64. The summed E-state index contributed by atoms with van der Waals surface area (Å²) in [6.45, 7) is 28.5. The van der Waals surface area contributed by atoms with Gasteiger partial charge in [0.05, 0.1) is 27.6 Å². The number of benzene rings is 6. The van der Waals surface area contributed by atoms with Gasteiger partial charge in [-0.15, -0.1) is 0 Å². The van der Waals surface area contributed by atoms with Crippen LogP contribution in [0.2, 0.25) is 0 Å². The van der Waals surface area contributed by atoms with Gasteiger partial charge in [-0.05, 0) is 146 Å². The predicted octanol–water partition coefficient (Wildman–Crippen LogP) is 16.1. The second-order valence-electron chi connectivity index (χ2n) is 20.8. The highest BCUT2D eigenvalue weighted by Crippen LogP contribution is 2.44. The van der Waals surface area contributed by atoms with Crippen molar-refractivity contribution in [2.75, 3.05) is 0 Å². The first-order valence-corrected chi connectivity index (χ1v) is 20.8. The molecule has 2 heterocycles. The van der Waals surface area contributed by atoms with Gasteiger partial charge >= 0.3 is 6.18 Å². The standard InChI is InChI=1S/C54H57F3N2/c1-32-14-19-37(58-46-22-15-33(50(2,3)4)26-41(46)42-27-34(51(5,6)7)16-23-47(42)58)30-39(32)40-31-38(20-21-45(40)54(55,56)57)59-48-24-17-35(52(8,9)10)28-43(48)44-29-36(53(11,12)13)18-25-49(44)59/h14-31H,1-13H3. The number of hydrogen-bond donors (Lipinski definition) is 0. The van der Waals surface area contributed by atoms with Crippen LogP contribution in [-0.4, -0.2) is 9.13 Å². The third kappa shape index (κ3) is 7.04. The number of rotatable bonds is 3. The van der Waals surface area contributed by atoms with Crippen LogP contribution in [0.25, 0.3) is 66.1 Å². The molecule has 0 spiro atoms. The molecule has 59 heavy (non-hydrogen) atoms. The lowest BCUT2D eigenvalue weighted by Gasteiger charge is -2.20. The lowest BCUT2D eigenvalue weighted by molar-refractivity contribution is -0.137. The second kappa shape index (κ2) is 13.4. The van der Waals surface area contributed by atoms with Crippen LogP contribution < -0.4 is 0 Å². The fourth-order valence-corrected chi connectivity index (χ4v) is 8.65. The van der Waals surface area contributed by atoms with Gasteiger partial charge in [-0.25, -0.2) is 0 Å². The molecule has 0 N–H and O–H groups in total. The number of aromatic nitrogens is 2. The van der Waals surface area contributed by atoms with E-state index >= 15 is 13.2 Å². The summed E-state index contributed by atoms with van der Waals surface area (Å²) < 4.78 is 50.0. The minimum absolute atomic E-state index is 0.0551. The first-order valence-electron chi connectivity index (χ1n) is 20.8. The Balaban J connectivity index is 1.39. The van der Waals surface area contributed by atoms with E-state index in [4.69, 9.17) is 0 Å². The van der Waals surface area contributed by atoms with Crippen molar-refractivity contribution in [3.8, 4) is 22.5 Å². The number of hydrogen-bond acceptors (Lipinski definition) is 0. The number of fused-ring (bicyclic) bond motifs is 6. The summed E-state index contributed by atoms with van der Waals surface area (Å²) in [6, 6.07) is 37.0. The summed E-state index contributed by atoms with van der Waals surface area (Å²) in [4.78, 5) is 0. The topological polar surface area (TPSA) is 9.86 Å². The first kappa shape index (κ1) is 40.5. The average molecular weight is 791 g/mol. The molecule has 0 saturated carbocycles. The summed E-state index contributed by atoms with van der Waals surface area (Å²) >= 11 is 0. The minimum Gasteiger partial charge on any atom is -0.309 e. The highest BCUT2D eigenvalue weighted by atomic mass is 19.4. The van der Waals surface area contributed by atoms with Crippen molar-refractivity contribution in [2.45, 2.75) is 118 Å². The number of halogens is 3. The van der Waals surface area contributed by atoms with Crippen LogP contribution in [-0.2, 0) is 27.8 Å². The van der Waals surface area contributed by atoms with Crippen LogP contribution in [0.5, 0.6) is 0 Å². The molecule has 0 atom stereocenters. The van der Waals surface area contributed by atoms with Crippen molar-refractivity contribution in [3.05, 3.63) is 143 Å². The Morgan fingerprint density at radius 1 is 0.356 bits per heavy atom. The Kier molecular flexibility index (Phi) is 9.17. The van der Waals surface area contributed by atoms with Crippen molar-refractivity contribution >= 4 is 43.6 Å². The third-order valence-electron chi connectivity index (χ3n) is 12.3. The lowest BCUT2D eigenvalue weighted by Crippen LogP contribution is -2.10. The highest BCUT2D eigenvalue weighted by Gasteiger charge is 2.35. The maximum atomic E-state index is 15.2. The molecular weight excluding hydrogens is 734 g/mol. The molecule has 8 aromatic rings. The van der Waals surface area contributed by atoms with Gasteiger partial charge in [0.1, 0.15) is 0 Å². The van der Waals surface area contributed by atoms with Gasteiger partial charge in [0.25, 0.3) is 0 Å². The van der Waals surface area contributed by atoms with Gasteiger partial charge in [0, 0.05) is 32.9 Å². The van der Waals surface area contributed by atoms with Crippen LogP contribution in [0.4, 0.5) is 13.2 Å². The molecular formula is C54H57F3N2. The molecule has 0 unspecified atom stereocenters. The highest BCUT2D eigenvalue weighted by molar-refractivity contribution is 6.11. The van der Waals surface area contributed by atoms with Gasteiger partial charge in [0.15, 0.2) is 0 Å². The van der Waals surface area contributed by atoms with E-state index in [-0.39, 0.29) is 27.2 Å². The van der Waals surface area contributed by atoms with E-state index in [1.54, 1.807) is 12.1 Å². The normalized spacial score (nSPS) is 13.4. The maximum Gasteiger partial charge on any atom is 0.417 e. The predicted molar refractivity (Wildman–Crippen MR) is 245 cm³/mol. The van der Waals surface area contributed by atoms with Gasteiger partial charge in [-0.3, -0.25) is 0 Å². The molecule has 0 aliphatic heterocycles. The molecule has 2 aromatic heterocycles. The molecule has 0 aliphatic carbocycles. The molecule has 8 rings (SSSR count). The van der Waals surface area contributed by atoms with Crippen LogP contribution in [0.3, 0.4) is 0 Å². The zero-order chi connectivity index (χ0) is 42.8. The number of alkyl halides is 3. The SMILES string of the molecule is Cc1ccc(-n2c3ccc(C(C)(C)C)cc3c3cc(C(C)(C)C)ccc32)cc1-c1cc(-n2c3ccc(C(C)(C)C)cc3c3cc(C(C)(C)C)ccc32)ccc1C(F)(F)F. The fraction of sp³-hybridized carbons (Fsp3) is 0.333. The summed E-state index contributed by atoms with van der Waals surface area (Å²) in [5, 5.41) is 4.45. The Labute approximate surface area is 347 Å². The smallest absolute Gasteiger partial charge is 0.309 e. The van der Waals surface area contributed by atoms with Crippen LogP contribution in [0, 0.1) is 6.92 Å². The van der Waals surface area contributed by atoms with E-state index in [2.05, 4.69) is 165 Å². The van der Waals surface area contributed by atoms with Gasteiger partial charge in [0.2, 0.25) is 0 Å². The van der Waals surface area contributed by atoms with Crippen LogP contribution >= 0.6 is 0 Å². The molecule has 0 aliphatic rings.